The Hall–Kier alpha value is -3.27. The Kier molecular flexibility index (Phi) is 3.65. The second-order valence-electron chi connectivity index (χ2n) is 5.96. The molecule has 0 aliphatic carbocycles. The number of hydrogen-bond donors (Lipinski definition) is 1. The summed E-state index contributed by atoms with van der Waals surface area (Å²) in [6.45, 7) is 1.92. The van der Waals surface area contributed by atoms with Crippen LogP contribution in [0.25, 0.3) is 21.7 Å². The van der Waals surface area contributed by atoms with Crippen LogP contribution >= 0.6 is 0 Å². The fourth-order valence-corrected chi connectivity index (χ4v) is 3.00. The van der Waals surface area contributed by atoms with Crippen molar-refractivity contribution in [1.82, 2.24) is 4.98 Å². The average molecular weight is 330 g/mol. The van der Waals surface area contributed by atoms with E-state index in [0.717, 1.165) is 21.9 Å². The lowest BCUT2D eigenvalue weighted by atomic mass is 10.0. The number of fused-ring (bicyclic) bond motifs is 2. The van der Waals surface area contributed by atoms with E-state index in [1.54, 1.807) is 36.5 Å². The van der Waals surface area contributed by atoms with Crippen LogP contribution in [0.15, 0.2) is 66.9 Å². The maximum Gasteiger partial charge on any atom is 0.255 e. The molecule has 0 bridgehead atoms. The van der Waals surface area contributed by atoms with E-state index in [1.807, 2.05) is 31.2 Å². The number of anilines is 1. The van der Waals surface area contributed by atoms with E-state index in [2.05, 4.69) is 10.3 Å². The minimum atomic E-state index is -0.331. The largest absolute Gasteiger partial charge is 0.320 e. The van der Waals surface area contributed by atoms with E-state index in [4.69, 9.17) is 0 Å². The number of hydrogen-bond acceptors (Lipinski definition) is 2. The van der Waals surface area contributed by atoms with Gasteiger partial charge < -0.3 is 5.32 Å². The second kappa shape index (κ2) is 5.98. The third kappa shape index (κ3) is 2.72. The molecule has 1 N–H and O–H groups in total. The fraction of sp³-hybridized carbons (Fsp3) is 0.0476. The number of aromatic nitrogens is 1. The molecule has 25 heavy (non-hydrogen) atoms. The van der Waals surface area contributed by atoms with E-state index in [9.17, 15) is 9.18 Å². The SMILES string of the molecule is Cc1ccc(F)c2cc(C(=O)Nc3cccc4cccnc34)ccc12. The Morgan fingerprint density at radius 1 is 1.00 bits per heavy atom. The Balaban J connectivity index is 1.74. The van der Waals surface area contributed by atoms with Gasteiger partial charge >= 0.3 is 0 Å². The molecule has 0 saturated heterocycles. The minimum absolute atomic E-state index is 0.291. The number of carbonyl (C=O) groups is 1. The van der Waals surface area contributed by atoms with Crippen molar-refractivity contribution in [3.8, 4) is 0 Å². The number of aryl methyl sites for hydroxylation is 1. The minimum Gasteiger partial charge on any atom is -0.320 e. The normalized spacial score (nSPS) is 11.0. The van der Waals surface area contributed by atoms with Gasteiger partial charge in [-0.3, -0.25) is 9.78 Å². The summed E-state index contributed by atoms with van der Waals surface area (Å²) in [7, 11) is 0. The monoisotopic (exact) mass is 330 g/mol. The summed E-state index contributed by atoms with van der Waals surface area (Å²) < 4.78 is 14.1. The zero-order valence-corrected chi connectivity index (χ0v) is 13.6. The van der Waals surface area contributed by atoms with Crippen LogP contribution in [0.4, 0.5) is 10.1 Å². The van der Waals surface area contributed by atoms with Crippen molar-refractivity contribution in [3.63, 3.8) is 0 Å². The van der Waals surface area contributed by atoms with E-state index in [-0.39, 0.29) is 11.7 Å². The van der Waals surface area contributed by atoms with E-state index in [0.29, 0.717) is 16.6 Å². The highest BCUT2D eigenvalue weighted by Gasteiger charge is 2.12. The molecule has 0 aliphatic heterocycles. The molecule has 4 aromatic rings. The summed E-state index contributed by atoms with van der Waals surface area (Å²) in [4.78, 5) is 17.0. The number of nitrogens with one attached hydrogen (secondary N) is 1. The van der Waals surface area contributed by atoms with Crippen molar-refractivity contribution in [2.45, 2.75) is 6.92 Å². The molecule has 1 heterocycles. The molecule has 0 fully saturated rings. The van der Waals surface area contributed by atoms with Crippen molar-refractivity contribution < 1.29 is 9.18 Å². The number of para-hydroxylation sites is 1. The summed E-state index contributed by atoms with van der Waals surface area (Å²) in [6, 6.07) is 17.6. The molecule has 0 radical (unpaired) electrons. The van der Waals surface area contributed by atoms with E-state index in [1.165, 1.54) is 6.07 Å². The third-order valence-corrected chi connectivity index (χ3v) is 4.32. The number of nitrogens with zero attached hydrogens (tertiary/aromatic N) is 1. The van der Waals surface area contributed by atoms with Crippen LogP contribution < -0.4 is 5.32 Å². The lowest BCUT2D eigenvalue weighted by Crippen LogP contribution is -2.12. The van der Waals surface area contributed by atoms with Gasteiger partial charge in [-0.05, 0) is 48.2 Å². The second-order valence-corrected chi connectivity index (χ2v) is 5.96. The molecule has 122 valence electrons. The molecule has 1 amide bonds. The number of amides is 1. The number of carbonyl (C=O) groups excluding carboxylic acids is 1. The van der Waals surface area contributed by atoms with Crippen LogP contribution in [0.2, 0.25) is 0 Å². The highest BCUT2D eigenvalue weighted by Crippen LogP contribution is 2.25. The van der Waals surface area contributed by atoms with Gasteiger partial charge in [-0.2, -0.15) is 0 Å². The van der Waals surface area contributed by atoms with Crippen LogP contribution in [-0.2, 0) is 0 Å². The van der Waals surface area contributed by atoms with Crippen LogP contribution in [0.5, 0.6) is 0 Å². The zero-order valence-electron chi connectivity index (χ0n) is 13.6. The van der Waals surface area contributed by atoms with Crippen LogP contribution in [0, 0.1) is 12.7 Å². The Morgan fingerprint density at radius 3 is 2.72 bits per heavy atom. The number of rotatable bonds is 2. The molecule has 0 unspecified atom stereocenters. The molecule has 0 spiro atoms. The van der Waals surface area contributed by atoms with Gasteiger partial charge in [0.2, 0.25) is 0 Å². The predicted octanol–water partition coefficient (Wildman–Crippen LogP) is 5.09. The standard InChI is InChI=1S/C21H15FN2O/c1-13-7-10-18(22)17-12-15(8-9-16(13)17)21(25)24-19-6-2-4-14-5-3-11-23-20(14)19/h2-12H,1H3,(H,24,25). The first-order valence-corrected chi connectivity index (χ1v) is 7.97. The summed E-state index contributed by atoms with van der Waals surface area (Å²) in [5, 5.41) is 5.08. The van der Waals surface area contributed by atoms with Crippen molar-refractivity contribution in [2.75, 3.05) is 5.32 Å². The Morgan fingerprint density at radius 2 is 1.84 bits per heavy atom. The van der Waals surface area contributed by atoms with E-state index >= 15 is 0 Å². The summed E-state index contributed by atoms with van der Waals surface area (Å²) >= 11 is 0. The topological polar surface area (TPSA) is 42.0 Å². The molecule has 1 aromatic heterocycles. The van der Waals surface area contributed by atoms with Crippen molar-refractivity contribution in [2.24, 2.45) is 0 Å². The quantitative estimate of drug-likeness (QED) is 0.556. The van der Waals surface area contributed by atoms with Gasteiger partial charge in [-0.15, -0.1) is 0 Å². The first kappa shape index (κ1) is 15.3. The lowest BCUT2D eigenvalue weighted by Gasteiger charge is -2.10. The van der Waals surface area contributed by atoms with Gasteiger partial charge in [0.25, 0.3) is 5.91 Å². The van der Waals surface area contributed by atoms with Gasteiger partial charge in [0.05, 0.1) is 11.2 Å². The Bertz CT molecular complexity index is 1120. The zero-order chi connectivity index (χ0) is 17.4. The summed E-state index contributed by atoms with van der Waals surface area (Å²) in [5.74, 6) is -0.622. The summed E-state index contributed by atoms with van der Waals surface area (Å²) in [6.07, 6.45) is 1.69. The van der Waals surface area contributed by atoms with Crippen LogP contribution in [0.1, 0.15) is 15.9 Å². The highest BCUT2D eigenvalue weighted by molar-refractivity contribution is 6.09. The molecule has 0 aliphatic rings. The first-order valence-electron chi connectivity index (χ1n) is 7.97. The van der Waals surface area contributed by atoms with Gasteiger partial charge in [0.1, 0.15) is 5.82 Å². The fourth-order valence-electron chi connectivity index (χ4n) is 3.00. The highest BCUT2D eigenvalue weighted by atomic mass is 19.1. The number of halogens is 1. The first-order chi connectivity index (χ1) is 12.1. The molecule has 3 aromatic carbocycles. The third-order valence-electron chi connectivity index (χ3n) is 4.32. The molecule has 4 heteroatoms. The average Bonchev–Trinajstić information content (AvgIpc) is 2.65. The number of benzene rings is 3. The van der Waals surface area contributed by atoms with Gasteiger partial charge in [-0.1, -0.05) is 30.3 Å². The molecule has 4 rings (SSSR count). The van der Waals surface area contributed by atoms with Crippen molar-refractivity contribution in [3.05, 3.63) is 83.8 Å². The maximum absolute atomic E-state index is 14.1. The van der Waals surface area contributed by atoms with Crippen LogP contribution in [0.3, 0.4) is 0 Å². The van der Waals surface area contributed by atoms with Crippen LogP contribution in [-0.4, -0.2) is 10.9 Å². The number of pyridine rings is 1. The van der Waals surface area contributed by atoms with E-state index < -0.39 is 0 Å². The smallest absolute Gasteiger partial charge is 0.255 e. The predicted molar refractivity (Wildman–Crippen MR) is 98.3 cm³/mol. The molecular formula is C21H15FN2O. The lowest BCUT2D eigenvalue weighted by molar-refractivity contribution is 0.102. The molecule has 0 atom stereocenters. The van der Waals surface area contributed by atoms with Gasteiger partial charge in [0, 0.05) is 22.5 Å². The van der Waals surface area contributed by atoms with Crippen molar-refractivity contribution in [1.29, 1.82) is 0 Å². The Labute approximate surface area is 144 Å². The van der Waals surface area contributed by atoms with Gasteiger partial charge in [-0.25, -0.2) is 4.39 Å². The van der Waals surface area contributed by atoms with Gasteiger partial charge in [0.15, 0.2) is 0 Å². The summed E-state index contributed by atoms with van der Waals surface area (Å²) in [5.41, 5.74) is 2.74. The van der Waals surface area contributed by atoms with Crippen molar-refractivity contribution >= 4 is 33.3 Å². The molecule has 0 saturated carbocycles. The molecule has 3 nitrogen and oxygen atoms in total. The molecular weight excluding hydrogens is 315 g/mol. The maximum atomic E-state index is 14.1.